The van der Waals surface area contributed by atoms with Crippen LogP contribution in [0.2, 0.25) is 0 Å². The van der Waals surface area contributed by atoms with Crippen molar-refractivity contribution < 1.29 is 13.6 Å². The smallest absolute Gasteiger partial charge is 0.315 e. The lowest BCUT2D eigenvalue weighted by Gasteiger charge is -2.10. The normalized spacial score (nSPS) is 11.8. The molecule has 0 aliphatic heterocycles. The Morgan fingerprint density at radius 3 is 2.53 bits per heavy atom. The summed E-state index contributed by atoms with van der Waals surface area (Å²) in [6.07, 6.45) is 0. The van der Waals surface area contributed by atoms with Crippen molar-refractivity contribution in [1.82, 2.24) is 10.2 Å². The fourth-order valence-corrected chi connectivity index (χ4v) is 1.50. The van der Waals surface area contributed by atoms with E-state index in [1.807, 2.05) is 32.9 Å². The van der Waals surface area contributed by atoms with Gasteiger partial charge in [-0.3, -0.25) is 0 Å². The molecule has 2 heterocycles. The van der Waals surface area contributed by atoms with Crippen molar-refractivity contribution in [2.24, 2.45) is 0 Å². The summed E-state index contributed by atoms with van der Waals surface area (Å²) in [5.74, 6) is 2.19. The topological polar surface area (TPSA) is 73.3 Å². The molecule has 0 radical (unpaired) electrons. The van der Waals surface area contributed by atoms with Crippen LogP contribution in [0.5, 0.6) is 0 Å². The molecule has 0 bridgehead atoms. The Morgan fingerprint density at radius 1 is 1.16 bits per heavy atom. The second-order valence-corrected chi connectivity index (χ2v) is 5.32. The van der Waals surface area contributed by atoms with Gasteiger partial charge in [-0.25, -0.2) is 0 Å². The summed E-state index contributed by atoms with van der Waals surface area (Å²) in [5, 5.41) is 11.0. The molecule has 0 saturated heterocycles. The van der Waals surface area contributed by atoms with Crippen molar-refractivity contribution in [3.8, 4) is 0 Å². The van der Waals surface area contributed by atoms with Crippen LogP contribution in [0.3, 0.4) is 0 Å². The Labute approximate surface area is 112 Å². The number of hydrogen-bond acceptors (Lipinski definition) is 6. The minimum atomic E-state index is -0.150. The van der Waals surface area contributed by atoms with Crippen molar-refractivity contribution in [2.45, 2.75) is 39.3 Å². The van der Waals surface area contributed by atoms with E-state index in [1.54, 1.807) is 7.11 Å². The monoisotopic (exact) mass is 265 g/mol. The lowest BCUT2D eigenvalue weighted by molar-refractivity contribution is 0.163. The van der Waals surface area contributed by atoms with Crippen LogP contribution in [0.25, 0.3) is 0 Å². The van der Waals surface area contributed by atoms with Gasteiger partial charge in [-0.05, 0) is 12.1 Å². The summed E-state index contributed by atoms with van der Waals surface area (Å²) in [4.78, 5) is 0. The van der Waals surface area contributed by atoms with E-state index in [0.717, 1.165) is 11.5 Å². The zero-order chi connectivity index (χ0) is 13.9. The van der Waals surface area contributed by atoms with Crippen molar-refractivity contribution in [2.75, 3.05) is 12.4 Å². The molecule has 2 aromatic rings. The highest BCUT2D eigenvalue weighted by atomic mass is 16.5. The van der Waals surface area contributed by atoms with E-state index in [9.17, 15) is 0 Å². The molecule has 1 N–H and O–H groups in total. The lowest BCUT2D eigenvalue weighted by atomic mass is 9.97. The van der Waals surface area contributed by atoms with Crippen LogP contribution in [-0.2, 0) is 23.3 Å². The van der Waals surface area contributed by atoms with E-state index in [-0.39, 0.29) is 5.41 Å². The van der Waals surface area contributed by atoms with E-state index < -0.39 is 0 Å². The first kappa shape index (κ1) is 13.6. The fraction of sp³-hybridized carbons (Fsp3) is 0.538. The van der Waals surface area contributed by atoms with Gasteiger partial charge in [0.05, 0.1) is 6.54 Å². The van der Waals surface area contributed by atoms with Gasteiger partial charge in [0.1, 0.15) is 18.1 Å². The third kappa shape index (κ3) is 3.57. The van der Waals surface area contributed by atoms with Crippen LogP contribution in [0.4, 0.5) is 6.01 Å². The Hall–Kier alpha value is -1.82. The minimum Gasteiger partial charge on any atom is -0.462 e. The molecule has 0 saturated carbocycles. The van der Waals surface area contributed by atoms with E-state index >= 15 is 0 Å². The van der Waals surface area contributed by atoms with E-state index in [2.05, 4.69) is 15.5 Å². The highest BCUT2D eigenvalue weighted by molar-refractivity contribution is 5.20. The van der Waals surface area contributed by atoms with Crippen LogP contribution in [0.1, 0.15) is 38.2 Å². The first-order valence-electron chi connectivity index (χ1n) is 6.13. The number of ether oxygens (including phenoxy) is 1. The molecule has 6 nitrogen and oxygen atoms in total. The average Bonchev–Trinajstić information content (AvgIpc) is 2.94. The number of methoxy groups -OCH3 is 1. The predicted molar refractivity (Wildman–Crippen MR) is 69.7 cm³/mol. The molecule has 0 spiro atoms. The van der Waals surface area contributed by atoms with E-state index in [1.165, 1.54) is 0 Å². The molecule has 0 aliphatic rings. The largest absolute Gasteiger partial charge is 0.462 e. The molecule has 2 rings (SSSR count). The summed E-state index contributed by atoms with van der Waals surface area (Å²) >= 11 is 0. The molecule has 0 aliphatic carbocycles. The molecule has 19 heavy (non-hydrogen) atoms. The summed E-state index contributed by atoms with van der Waals surface area (Å²) in [6, 6.07) is 4.17. The van der Waals surface area contributed by atoms with Crippen LogP contribution >= 0.6 is 0 Å². The van der Waals surface area contributed by atoms with E-state index in [4.69, 9.17) is 13.6 Å². The first-order valence-corrected chi connectivity index (χ1v) is 6.13. The van der Waals surface area contributed by atoms with Gasteiger partial charge in [0.15, 0.2) is 0 Å². The maximum absolute atomic E-state index is 5.54. The zero-order valence-corrected chi connectivity index (χ0v) is 11.7. The van der Waals surface area contributed by atoms with Gasteiger partial charge >= 0.3 is 6.01 Å². The molecule has 0 unspecified atom stereocenters. The molecule has 2 aromatic heterocycles. The third-order valence-corrected chi connectivity index (χ3v) is 2.48. The predicted octanol–water partition coefficient (Wildman–Crippen LogP) is 2.72. The maximum atomic E-state index is 5.54. The van der Waals surface area contributed by atoms with Crippen molar-refractivity contribution >= 4 is 6.01 Å². The minimum absolute atomic E-state index is 0.150. The molecule has 104 valence electrons. The van der Waals surface area contributed by atoms with Gasteiger partial charge in [0, 0.05) is 12.5 Å². The third-order valence-electron chi connectivity index (χ3n) is 2.48. The SMILES string of the molecule is COCc1ccc(CNc2nnc(C(C)(C)C)o2)o1. The van der Waals surface area contributed by atoms with Crippen molar-refractivity contribution in [1.29, 1.82) is 0 Å². The van der Waals surface area contributed by atoms with Crippen LogP contribution in [0, 0.1) is 0 Å². The van der Waals surface area contributed by atoms with Gasteiger partial charge in [0.2, 0.25) is 5.89 Å². The van der Waals surface area contributed by atoms with Crippen LogP contribution in [-0.4, -0.2) is 17.3 Å². The van der Waals surface area contributed by atoms with Gasteiger partial charge in [-0.2, -0.15) is 0 Å². The van der Waals surface area contributed by atoms with Gasteiger partial charge in [0.25, 0.3) is 0 Å². The molecular weight excluding hydrogens is 246 g/mol. The molecular formula is C13H19N3O3. The molecule has 0 atom stereocenters. The zero-order valence-electron chi connectivity index (χ0n) is 11.7. The van der Waals surface area contributed by atoms with E-state index in [0.29, 0.717) is 25.1 Å². The molecule has 6 heteroatoms. The molecule has 0 amide bonds. The Bertz CT molecular complexity index is 525. The Kier molecular flexibility index (Phi) is 3.90. The van der Waals surface area contributed by atoms with Gasteiger partial charge < -0.3 is 18.9 Å². The lowest BCUT2D eigenvalue weighted by Crippen LogP contribution is -2.11. The number of rotatable bonds is 5. The first-order chi connectivity index (χ1) is 8.99. The molecule has 0 aromatic carbocycles. The van der Waals surface area contributed by atoms with Crippen LogP contribution < -0.4 is 5.32 Å². The summed E-state index contributed by atoms with van der Waals surface area (Å²) in [6.45, 7) is 7.03. The number of furan rings is 1. The molecule has 0 fully saturated rings. The summed E-state index contributed by atoms with van der Waals surface area (Å²) in [5.41, 5.74) is -0.150. The second-order valence-electron chi connectivity index (χ2n) is 5.32. The number of anilines is 1. The quantitative estimate of drug-likeness (QED) is 0.896. The Balaban J connectivity index is 1.93. The highest BCUT2D eigenvalue weighted by Crippen LogP contribution is 2.22. The fourth-order valence-electron chi connectivity index (χ4n) is 1.50. The number of nitrogens with one attached hydrogen (secondary N) is 1. The standard InChI is InChI=1S/C13H19N3O3/c1-13(2,3)11-15-16-12(19-11)14-7-9-5-6-10(18-9)8-17-4/h5-6H,7-8H2,1-4H3,(H,14,16). The second kappa shape index (κ2) is 5.44. The van der Waals surface area contributed by atoms with Crippen molar-refractivity contribution in [3.63, 3.8) is 0 Å². The summed E-state index contributed by atoms with van der Waals surface area (Å²) in [7, 11) is 1.63. The highest BCUT2D eigenvalue weighted by Gasteiger charge is 2.21. The summed E-state index contributed by atoms with van der Waals surface area (Å²) < 4.78 is 16.1. The average molecular weight is 265 g/mol. The number of aromatic nitrogens is 2. The number of nitrogens with zero attached hydrogens (tertiary/aromatic N) is 2. The van der Waals surface area contributed by atoms with Gasteiger partial charge in [-0.15, -0.1) is 5.10 Å². The maximum Gasteiger partial charge on any atom is 0.315 e. The number of hydrogen-bond donors (Lipinski definition) is 1. The van der Waals surface area contributed by atoms with Gasteiger partial charge in [-0.1, -0.05) is 25.9 Å². The van der Waals surface area contributed by atoms with Crippen LogP contribution in [0.15, 0.2) is 21.0 Å². The Morgan fingerprint density at radius 2 is 1.89 bits per heavy atom. The van der Waals surface area contributed by atoms with Crippen molar-refractivity contribution in [3.05, 3.63) is 29.5 Å².